The quantitative estimate of drug-likeness (QED) is 0.321. The molecule has 0 saturated heterocycles. The minimum absolute atomic E-state index is 0.0984. The van der Waals surface area contributed by atoms with Gasteiger partial charge in [-0.1, -0.05) is 41.9 Å². The summed E-state index contributed by atoms with van der Waals surface area (Å²) in [6.45, 7) is 6.24. The highest BCUT2D eigenvalue weighted by Gasteiger charge is 2.52. The Morgan fingerprint density at radius 3 is 2.42 bits per heavy atom. The highest BCUT2D eigenvalue weighted by atomic mass is 16.6. The molecule has 2 aliphatic rings. The number of carbonyl (C=O) groups excluding carboxylic acids is 1. The Kier molecular flexibility index (Phi) is 6.01. The monoisotopic (exact) mass is 512 g/mol. The molecule has 38 heavy (non-hydrogen) atoms. The Morgan fingerprint density at radius 2 is 1.79 bits per heavy atom. The molecule has 0 radical (unpaired) electrons. The van der Waals surface area contributed by atoms with Crippen molar-refractivity contribution in [1.82, 2.24) is 29.8 Å². The summed E-state index contributed by atoms with van der Waals surface area (Å²) in [5.74, 6) is 1.44. The van der Waals surface area contributed by atoms with Crippen molar-refractivity contribution >= 4 is 6.09 Å². The van der Waals surface area contributed by atoms with Gasteiger partial charge in [0.15, 0.2) is 5.82 Å². The first-order valence-corrected chi connectivity index (χ1v) is 13.2. The zero-order chi connectivity index (χ0) is 26.3. The van der Waals surface area contributed by atoms with Gasteiger partial charge < -0.3 is 14.2 Å². The van der Waals surface area contributed by atoms with E-state index < -0.39 is 5.60 Å². The van der Waals surface area contributed by atoms with Gasteiger partial charge in [-0.2, -0.15) is 4.98 Å². The molecular formula is C29H32N6O3. The summed E-state index contributed by atoms with van der Waals surface area (Å²) in [6, 6.07) is 18.3. The molecule has 2 fully saturated rings. The van der Waals surface area contributed by atoms with Crippen molar-refractivity contribution in [2.24, 2.45) is 0 Å². The van der Waals surface area contributed by atoms with Crippen molar-refractivity contribution in [2.45, 2.75) is 69.4 Å². The van der Waals surface area contributed by atoms with E-state index in [1.54, 1.807) is 12.7 Å². The van der Waals surface area contributed by atoms with Gasteiger partial charge in [-0.05, 0) is 69.9 Å². The van der Waals surface area contributed by atoms with Crippen LogP contribution in [0.3, 0.4) is 0 Å². The lowest BCUT2D eigenvalue weighted by molar-refractivity contribution is 0.0123. The Labute approximate surface area is 221 Å². The van der Waals surface area contributed by atoms with Crippen LogP contribution in [-0.2, 0) is 10.2 Å². The number of rotatable bonds is 7. The maximum atomic E-state index is 13.5. The first-order chi connectivity index (χ1) is 18.3. The van der Waals surface area contributed by atoms with Gasteiger partial charge in [-0.25, -0.2) is 4.79 Å². The molecule has 0 N–H and O–H groups in total. The van der Waals surface area contributed by atoms with Crippen LogP contribution >= 0.6 is 0 Å². The minimum atomic E-state index is -0.572. The molecule has 2 aromatic carbocycles. The predicted molar refractivity (Wildman–Crippen MR) is 141 cm³/mol. The first kappa shape index (κ1) is 24.3. The molecule has 2 atom stereocenters. The van der Waals surface area contributed by atoms with Gasteiger partial charge >= 0.3 is 6.09 Å². The lowest BCUT2D eigenvalue weighted by Crippen LogP contribution is -2.50. The summed E-state index contributed by atoms with van der Waals surface area (Å²) in [5.41, 5.74) is 2.12. The number of hydrogen-bond donors (Lipinski definition) is 0. The molecule has 1 unspecified atom stereocenters. The van der Waals surface area contributed by atoms with Crippen molar-refractivity contribution in [3.05, 3.63) is 78.6 Å². The molecule has 2 aliphatic carbocycles. The number of carbonyl (C=O) groups is 1. The minimum Gasteiger partial charge on any atom is -0.444 e. The number of ether oxygens (including phenoxy) is 1. The third-order valence-corrected chi connectivity index (χ3v) is 7.53. The summed E-state index contributed by atoms with van der Waals surface area (Å²) in [4.78, 5) is 20.2. The van der Waals surface area contributed by atoms with Gasteiger partial charge in [-0.3, -0.25) is 4.57 Å². The number of aromatic nitrogens is 5. The molecule has 9 nitrogen and oxygen atoms in total. The Bertz CT molecular complexity index is 1390. The zero-order valence-corrected chi connectivity index (χ0v) is 21.9. The molecule has 6 rings (SSSR count). The summed E-state index contributed by atoms with van der Waals surface area (Å²) in [7, 11) is 0. The lowest BCUT2D eigenvalue weighted by Gasteiger charge is -2.43. The standard InChI is InChI=1S/C29H32N6O3/c1-28(2,3)37-27(36)35(24-16-23(24)20-8-5-4-6-9-20)17-29(14-7-15-29)26-32-25(38-33-26)21-10-12-22(13-11-21)34-18-30-31-19-34/h4-6,8-13,18-19,23-24H,7,14-17H2,1-3H3/t23?,24-/m0/s1. The van der Waals surface area contributed by atoms with Gasteiger partial charge in [0.25, 0.3) is 5.89 Å². The van der Waals surface area contributed by atoms with Crippen molar-refractivity contribution in [3.8, 4) is 17.1 Å². The maximum Gasteiger partial charge on any atom is 0.410 e. The van der Waals surface area contributed by atoms with E-state index in [0.717, 1.165) is 36.9 Å². The van der Waals surface area contributed by atoms with Crippen LogP contribution in [-0.4, -0.2) is 54.1 Å². The topological polar surface area (TPSA) is 99.2 Å². The molecule has 1 amide bonds. The maximum absolute atomic E-state index is 13.5. The van der Waals surface area contributed by atoms with Crippen molar-refractivity contribution in [2.75, 3.05) is 6.54 Å². The molecule has 9 heteroatoms. The summed E-state index contributed by atoms with van der Waals surface area (Å²) < 4.78 is 13.4. The Balaban J connectivity index is 1.24. The summed E-state index contributed by atoms with van der Waals surface area (Å²) in [5, 5.41) is 12.1. The molecule has 0 aliphatic heterocycles. The van der Waals surface area contributed by atoms with Gasteiger partial charge in [0.1, 0.15) is 18.3 Å². The fourth-order valence-electron chi connectivity index (χ4n) is 5.27. The zero-order valence-electron chi connectivity index (χ0n) is 21.9. The van der Waals surface area contributed by atoms with Crippen LogP contribution < -0.4 is 0 Å². The molecule has 0 spiro atoms. The van der Waals surface area contributed by atoms with Crippen LogP contribution in [0, 0.1) is 0 Å². The molecule has 0 bridgehead atoms. The van der Waals surface area contributed by atoms with E-state index in [9.17, 15) is 4.79 Å². The number of hydrogen-bond acceptors (Lipinski definition) is 7. The normalized spacial score (nSPS) is 20.0. The highest BCUT2D eigenvalue weighted by Crippen LogP contribution is 2.49. The van der Waals surface area contributed by atoms with E-state index in [1.807, 2.05) is 60.6 Å². The molecule has 4 aromatic rings. The van der Waals surface area contributed by atoms with Gasteiger partial charge in [0.05, 0.1) is 5.41 Å². The van der Waals surface area contributed by atoms with E-state index in [2.05, 4.69) is 39.6 Å². The number of benzene rings is 2. The Hall–Kier alpha value is -4.01. The average Bonchev–Trinajstić information content (AvgIpc) is 3.25. The van der Waals surface area contributed by atoms with Crippen molar-refractivity contribution in [1.29, 1.82) is 0 Å². The van der Waals surface area contributed by atoms with E-state index in [-0.39, 0.29) is 17.6 Å². The smallest absolute Gasteiger partial charge is 0.410 e. The fraction of sp³-hybridized carbons (Fsp3) is 0.414. The number of nitrogens with zero attached hydrogens (tertiary/aromatic N) is 6. The third kappa shape index (κ3) is 4.80. The average molecular weight is 513 g/mol. The van der Waals surface area contributed by atoms with Crippen LogP contribution in [0.25, 0.3) is 17.1 Å². The third-order valence-electron chi connectivity index (χ3n) is 7.53. The second-order valence-corrected chi connectivity index (χ2v) is 11.4. The Morgan fingerprint density at radius 1 is 1.08 bits per heavy atom. The largest absolute Gasteiger partial charge is 0.444 e. The molecule has 196 valence electrons. The molecule has 2 heterocycles. The SMILES string of the molecule is CC(C)(C)OC(=O)N(CC1(c2noc(-c3ccc(-n4cnnc4)cc3)n2)CCC1)[C@H]1CC1c1ccccc1. The highest BCUT2D eigenvalue weighted by molar-refractivity contribution is 5.70. The molecule has 2 saturated carbocycles. The molecule has 2 aromatic heterocycles. The van der Waals surface area contributed by atoms with Crippen LogP contribution in [0.4, 0.5) is 4.79 Å². The van der Waals surface area contributed by atoms with Crippen molar-refractivity contribution < 1.29 is 14.1 Å². The lowest BCUT2D eigenvalue weighted by atomic mass is 9.67. The van der Waals surface area contributed by atoms with E-state index in [1.165, 1.54) is 5.56 Å². The summed E-state index contributed by atoms with van der Waals surface area (Å²) >= 11 is 0. The molecular weight excluding hydrogens is 480 g/mol. The van der Waals surface area contributed by atoms with Gasteiger partial charge in [-0.15, -0.1) is 10.2 Å². The first-order valence-electron chi connectivity index (χ1n) is 13.2. The van der Waals surface area contributed by atoms with Crippen LogP contribution in [0.2, 0.25) is 0 Å². The fourth-order valence-corrected chi connectivity index (χ4v) is 5.27. The van der Waals surface area contributed by atoms with Crippen LogP contribution in [0.5, 0.6) is 0 Å². The summed E-state index contributed by atoms with van der Waals surface area (Å²) in [6.07, 6.45) is 6.82. The predicted octanol–water partition coefficient (Wildman–Crippen LogP) is 5.53. The van der Waals surface area contributed by atoms with E-state index in [4.69, 9.17) is 14.2 Å². The van der Waals surface area contributed by atoms with Crippen LogP contribution in [0.1, 0.15) is 63.8 Å². The second-order valence-electron chi connectivity index (χ2n) is 11.4. The van der Waals surface area contributed by atoms with E-state index in [0.29, 0.717) is 24.2 Å². The second kappa shape index (κ2) is 9.38. The van der Waals surface area contributed by atoms with Gasteiger partial charge in [0, 0.05) is 29.8 Å². The van der Waals surface area contributed by atoms with Crippen molar-refractivity contribution in [3.63, 3.8) is 0 Å². The van der Waals surface area contributed by atoms with Crippen LogP contribution in [0.15, 0.2) is 71.8 Å². The number of amides is 1. The van der Waals surface area contributed by atoms with E-state index >= 15 is 0 Å². The van der Waals surface area contributed by atoms with Gasteiger partial charge in [0.2, 0.25) is 0 Å².